The van der Waals surface area contributed by atoms with E-state index in [1.54, 1.807) is 6.20 Å². The fraction of sp³-hybridized carbons (Fsp3) is 0.214. The molecule has 2 aliphatic rings. The van der Waals surface area contributed by atoms with Gasteiger partial charge in [0, 0.05) is 18.3 Å². The van der Waals surface area contributed by atoms with Crippen molar-refractivity contribution in [1.82, 2.24) is 5.32 Å². The number of primary amides is 1. The van der Waals surface area contributed by atoms with Crippen molar-refractivity contribution < 1.29 is 4.79 Å². The number of dihydropyridines is 1. The number of nitriles is 1. The van der Waals surface area contributed by atoms with Crippen molar-refractivity contribution in [3.63, 3.8) is 0 Å². The highest BCUT2D eigenvalue weighted by molar-refractivity contribution is 5.98. The van der Waals surface area contributed by atoms with Gasteiger partial charge in [0.2, 0.25) is 5.91 Å². The monoisotopic (exact) mass is 252 g/mol. The first kappa shape index (κ1) is 12.7. The molecule has 2 unspecified atom stereocenters. The van der Waals surface area contributed by atoms with E-state index < -0.39 is 5.91 Å². The van der Waals surface area contributed by atoms with E-state index in [0.717, 1.165) is 0 Å². The second-order valence-electron chi connectivity index (χ2n) is 4.33. The van der Waals surface area contributed by atoms with E-state index in [-0.39, 0.29) is 17.4 Å². The Labute approximate surface area is 111 Å². The number of carbonyl (C=O) groups excluding carboxylic acids is 1. The zero-order valence-corrected chi connectivity index (χ0v) is 10.1. The molecule has 5 heteroatoms. The van der Waals surface area contributed by atoms with E-state index >= 15 is 0 Å². The first-order valence-corrected chi connectivity index (χ1v) is 5.72. The van der Waals surface area contributed by atoms with Crippen LogP contribution in [0.2, 0.25) is 0 Å². The molecule has 0 aromatic heterocycles. The molecule has 1 aliphatic heterocycles. The molecule has 0 spiro atoms. The summed E-state index contributed by atoms with van der Waals surface area (Å²) in [4.78, 5) is 11.3. The zero-order valence-electron chi connectivity index (χ0n) is 10.1. The Morgan fingerprint density at radius 3 is 2.89 bits per heavy atom. The molecule has 1 aliphatic carbocycles. The van der Waals surface area contributed by atoms with Gasteiger partial charge in [0.15, 0.2) is 0 Å². The number of hydrogen-bond donors (Lipinski definition) is 3. The zero-order chi connectivity index (χ0) is 14.0. The Hall–Kier alpha value is -2.79. The highest BCUT2D eigenvalue weighted by Gasteiger charge is 2.41. The van der Waals surface area contributed by atoms with Crippen LogP contribution < -0.4 is 11.1 Å². The predicted octanol–water partition coefficient (Wildman–Crippen LogP) is 0.582. The summed E-state index contributed by atoms with van der Waals surface area (Å²) in [6.45, 7) is 0. The van der Waals surface area contributed by atoms with Crippen LogP contribution in [0, 0.1) is 40.9 Å². The summed E-state index contributed by atoms with van der Waals surface area (Å²) in [5.74, 6) is 1.73. The summed E-state index contributed by atoms with van der Waals surface area (Å²) in [7, 11) is 0. The number of hydrogen-bond acceptors (Lipinski definition) is 4. The summed E-state index contributed by atoms with van der Waals surface area (Å²) in [5.41, 5.74) is 7.03. The van der Waals surface area contributed by atoms with Gasteiger partial charge in [-0.15, -0.1) is 6.42 Å². The van der Waals surface area contributed by atoms with Crippen molar-refractivity contribution in [3.8, 4) is 18.4 Å². The van der Waals surface area contributed by atoms with E-state index in [1.807, 2.05) is 0 Å². The molecule has 0 bridgehead atoms. The summed E-state index contributed by atoms with van der Waals surface area (Å²) in [5, 5.41) is 19.3. The Balaban J connectivity index is 2.53. The molecule has 0 saturated heterocycles. The fourth-order valence-electron chi connectivity index (χ4n) is 2.13. The van der Waals surface area contributed by atoms with Crippen molar-refractivity contribution in [3.05, 3.63) is 34.7 Å². The molecule has 19 heavy (non-hydrogen) atoms. The lowest BCUT2D eigenvalue weighted by Crippen LogP contribution is -2.23. The van der Waals surface area contributed by atoms with E-state index in [1.165, 1.54) is 12.3 Å². The Bertz CT molecular complexity index is 625. The standard InChI is InChI=1S/C14H12N4O/c1-2-9-10(14(17)19)3-4-18-13(9)12(7-16)11-5-8(11)6-15/h1,3-4,7-8,11,16,18H,5H2,(H2,17,19)/b13-12+,16-7?. The van der Waals surface area contributed by atoms with Gasteiger partial charge in [-0.2, -0.15) is 5.26 Å². The van der Waals surface area contributed by atoms with Crippen LogP contribution in [0.15, 0.2) is 34.7 Å². The molecule has 0 aromatic carbocycles. The summed E-state index contributed by atoms with van der Waals surface area (Å²) >= 11 is 0. The molecule has 2 rings (SSSR count). The van der Waals surface area contributed by atoms with E-state index in [2.05, 4.69) is 17.3 Å². The normalized spacial score (nSPS) is 26.8. The van der Waals surface area contributed by atoms with Crippen molar-refractivity contribution in [2.75, 3.05) is 0 Å². The lowest BCUT2D eigenvalue weighted by molar-refractivity contribution is -0.114. The van der Waals surface area contributed by atoms with E-state index in [4.69, 9.17) is 22.8 Å². The maximum Gasteiger partial charge on any atom is 0.250 e. The van der Waals surface area contributed by atoms with Gasteiger partial charge in [-0.25, -0.2) is 0 Å². The van der Waals surface area contributed by atoms with Crippen molar-refractivity contribution >= 4 is 12.1 Å². The second kappa shape index (κ2) is 4.83. The predicted molar refractivity (Wildman–Crippen MR) is 70.3 cm³/mol. The lowest BCUT2D eigenvalue weighted by atomic mass is 9.96. The quantitative estimate of drug-likeness (QED) is 0.505. The van der Waals surface area contributed by atoms with E-state index in [0.29, 0.717) is 23.3 Å². The Kier molecular flexibility index (Phi) is 3.22. The van der Waals surface area contributed by atoms with Crippen molar-refractivity contribution in [2.24, 2.45) is 17.6 Å². The minimum Gasteiger partial charge on any atom is -0.366 e. The SMILES string of the molecule is C#CC1=C(C(N)=O)C=CN/C1=C(\C=N)C1CC1C#N. The van der Waals surface area contributed by atoms with Crippen LogP contribution in [0.25, 0.3) is 0 Å². The third kappa shape index (κ3) is 2.14. The van der Waals surface area contributed by atoms with Gasteiger partial charge in [0.1, 0.15) is 0 Å². The molecule has 1 saturated carbocycles. The number of nitrogens with zero attached hydrogens (tertiary/aromatic N) is 1. The summed E-state index contributed by atoms with van der Waals surface area (Å²) in [6.07, 6.45) is 10.4. The first-order chi connectivity index (χ1) is 9.13. The first-order valence-electron chi connectivity index (χ1n) is 5.72. The fourth-order valence-corrected chi connectivity index (χ4v) is 2.13. The van der Waals surface area contributed by atoms with Gasteiger partial charge in [-0.3, -0.25) is 4.79 Å². The Morgan fingerprint density at radius 1 is 1.68 bits per heavy atom. The molecule has 0 radical (unpaired) electrons. The molecular weight excluding hydrogens is 240 g/mol. The molecule has 4 N–H and O–H groups in total. The summed E-state index contributed by atoms with van der Waals surface area (Å²) in [6, 6.07) is 2.17. The van der Waals surface area contributed by atoms with Gasteiger partial charge in [-0.1, -0.05) is 5.92 Å². The Morgan fingerprint density at radius 2 is 2.42 bits per heavy atom. The number of terminal acetylenes is 1. The number of rotatable bonds is 3. The van der Waals surface area contributed by atoms with Gasteiger partial charge < -0.3 is 16.5 Å². The topological polar surface area (TPSA) is 103 Å². The van der Waals surface area contributed by atoms with E-state index in [9.17, 15) is 4.79 Å². The summed E-state index contributed by atoms with van der Waals surface area (Å²) < 4.78 is 0. The number of nitrogens with one attached hydrogen (secondary N) is 2. The van der Waals surface area contributed by atoms with Crippen molar-refractivity contribution in [2.45, 2.75) is 6.42 Å². The molecule has 1 heterocycles. The lowest BCUT2D eigenvalue weighted by Gasteiger charge is -2.17. The van der Waals surface area contributed by atoms with Gasteiger partial charge >= 0.3 is 0 Å². The highest BCUT2D eigenvalue weighted by atomic mass is 16.1. The molecule has 94 valence electrons. The maximum absolute atomic E-state index is 11.3. The van der Waals surface area contributed by atoms with Crippen LogP contribution in [0.5, 0.6) is 0 Å². The van der Waals surface area contributed by atoms with Crippen LogP contribution in [-0.4, -0.2) is 12.1 Å². The number of allylic oxidation sites excluding steroid dienone is 2. The van der Waals surface area contributed by atoms with Crippen molar-refractivity contribution in [1.29, 1.82) is 10.7 Å². The molecule has 5 nitrogen and oxygen atoms in total. The minimum atomic E-state index is -0.611. The minimum absolute atomic E-state index is 0.00558. The van der Waals surface area contributed by atoms with Crippen LogP contribution >= 0.6 is 0 Å². The van der Waals surface area contributed by atoms with Crippen LogP contribution in [0.3, 0.4) is 0 Å². The average Bonchev–Trinajstić information content (AvgIpc) is 3.18. The highest BCUT2D eigenvalue weighted by Crippen LogP contribution is 2.44. The molecule has 1 fully saturated rings. The molecule has 2 atom stereocenters. The maximum atomic E-state index is 11.3. The van der Waals surface area contributed by atoms with Gasteiger partial charge in [0.25, 0.3) is 0 Å². The largest absolute Gasteiger partial charge is 0.366 e. The van der Waals surface area contributed by atoms with Crippen LogP contribution in [-0.2, 0) is 4.79 Å². The molecule has 1 amide bonds. The number of nitrogens with two attached hydrogens (primary N) is 1. The van der Waals surface area contributed by atoms with Crippen LogP contribution in [0.4, 0.5) is 0 Å². The smallest absolute Gasteiger partial charge is 0.250 e. The molecule has 0 aromatic rings. The van der Waals surface area contributed by atoms with Crippen LogP contribution in [0.1, 0.15) is 6.42 Å². The van der Waals surface area contributed by atoms with Gasteiger partial charge in [-0.05, 0) is 18.1 Å². The van der Waals surface area contributed by atoms with Gasteiger partial charge in [0.05, 0.1) is 28.8 Å². The third-order valence-electron chi connectivity index (χ3n) is 3.21. The molecular formula is C14H12N4O. The number of amides is 1. The average molecular weight is 252 g/mol. The number of carbonyl (C=O) groups is 1. The third-order valence-corrected chi connectivity index (χ3v) is 3.21. The second-order valence-corrected chi connectivity index (χ2v) is 4.33.